The highest BCUT2D eigenvalue weighted by atomic mass is 16.4. The lowest BCUT2D eigenvalue weighted by Crippen LogP contribution is -2.02. The summed E-state index contributed by atoms with van der Waals surface area (Å²) in [4.78, 5) is 25.9. The summed E-state index contributed by atoms with van der Waals surface area (Å²) in [6.07, 6.45) is 1.54. The number of fused-ring (bicyclic) bond motifs is 1. The molecular weight excluding hydrogens is 224 g/mol. The Morgan fingerprint density at radius 2 is 2.18 bits per heavy atom. The normalized spacial score (nSPS) is 10.6. The highest BCUT2D eigenvalue weighted by Gasteiger charge is 2.17. The smallest absolute Gasteiger partial charge is 0.356 e. The molecule has 0 fully saturated rings. The fraction of sp³-hybridized carbons (Fsp3) is 0.182. The number of hydrogen-bond donors (Lipinski definition) is 2. The first-order valence-corrected chi connectivity index (χ1v) is 4.91. The molecule has 0 unspecified atom stereocenters. The van der Waals surface area contributed by atoms with E-state index in [1.807, 2.05) is 0 Å². The molecule has 0 aliphatic rings. The van der Waals surface area contributed by atoms with Crippen molar-refractivity contribution in [1.82, 2.24) is 9.38 Å². The number of carboxylic acids is 1. The monoisotopic (exact) mass is 234 g/mol. The van der Waals surface area contributed by atoms with Gasteiger partial charge in [-0.05, 0) is 13.0 Å². The van der Waals surface area contributed by atoms with Gasteiger partial charge in [0.15, 0.2) is 5.69 Å². The number of pyridine rings is 1. The van der Waals surface area contributed by atoms with Gasteiger partial charge in [-0.25, -0.2) is 9.78 Å². The van der Waals surface area contributed by atoms with Crippen molar-refractivity contribution in [2.45, 2.75) is 13.3 Å². The molecule has 6 nitrogen and oxygen atoms in total. The Balaban J connectivity index is 2.70. The fourth-order valence-electron chi connectivity index (χ4n) is 1.64. The van der Waals surface area contributed by atoms with E-state index in [1.54, 1.807) is 0 Å². The van der Waals surface area contributed by atoms with Gasteiger partial charge in [-0.3, -0.25) is 4.79 Å². The third-order valence-electron chi connectivity index (χ3n) is 2.31. The van der Waals surface area contributed by atoms with Gasteiger partial charge in [0.2, 0.25) is 0 Å². The molecule has 0 aliphatic heterocycles. The van der Waals surface area contributed by atoms with Crippen LogP contribution < -0.4 is 0 Å². The summed E-state index contributed by atoms with van der Waals surface area (Å²) in [6, 6.07) is 2.71. The molecule has 2 rings (SSSR count). The summed E-state index contributed by atoms with van der Waals surface area (Å²) < 4.78 is 1.49. The maximum Gasteiger partial charge on any atom is 0.356 e. The number of hydrogen-bond acceptors (Lipinski definition) is 4. The van der Waals surface area contributed by atoms with Crippen LogP contribution in [0.1, 0.15) is 23.2 Å². The van der Waals surface area contributed by atoms with Gasteiger partial charge in [0.25, 0.3) is 0 Å². The quantitative estimate of drug-likeness (QED) is 0.822. The van der Waals surface area contributed by atoms with Gasteiger partial charge in [-0.15, -0.1) is 0 Å². The first-order chi connectivity index (χ1) is 7.99. The van der Waals surface area contributed by atoms with Crippen molar-refractivity contribution in [2.75, 3.05) is 0 Å². The molecule has 0 saturated carbocycles. The van der Waals surface area contributed by atoms with Crippen LogP contribution in [-0.2, 0) is 11.2 Å². The largest absolute Gasteiger partial charge is 0.508 e. The molecule has 0 spiro atoms. The Morgan fingerprint density at radius 1 is 1.47 bits per heavy atom. The van der Waals surface area contributed by atoms with Crippen molar-refractivity contribution in [3.63, 3.8) is 0 Å². The van der Waals surface area contributed by atoms with Gasteiger partial charge >= 0.3 is 5.97 Å². The molecule has 2 aromatic rings. The van der Waals surface area contributed by atoms with E-state index < -0.39 is 5.97 Å². The molecule has 6 heteroatoms. The van der Waals surface area contributed by atoms with Crippen molar-refractivity contribution in [3.8, 4) is 5.75 Å². The summed E-state index contributed by atoms with van der Waals surface area (Å²) in [6.45, 7) is 1.40. The van der Waals surface area contributed by atoms with Gasteiger partial charge in [0, 0.05) is 12.3 Å². The Bertz CT molecular complexity index is 615. The second kappa shape index (κ2) is 3.89. The zero-order valence-electron chi connectivity index (χ0n) is 9.04. The second-order valence-electron chi connectivity index (χ2n) is 3.70. The van der Waals surface area contributed by atoms with Gasteiger partial charge in [-0.2, -0.15) is 0 Å². The molecule has 0 atom stereocenters. The number of carbonyl (C=O) groups excluding carboxylic acids is 1. The maximum absolute atomic E-state index is 11.1. The van der Waals surface area contributed by atoms with Crippen LogP contribution in [0.4, 0.5) is 0 Å². The molecule has 17 heavy (non-hydrogen) atoms. The number of Topliss-reactive ketones (excluding diaryl/α,β-unsaturated/α-hetero) is 1. The maximum atomic E-state index is 11.1. The number of aromatic nitrogens is 2. The van der Waals surface area contributed by atoms with Crippen LogP contribution in [0.2, 0.25) is 0 Å². The molecule has 0 saturated heterocycles. The minimum atomic E-state index is -1.19. The van der Waals surface area contributed by atoms with Crippen LogP contribution in [0, 0.1) is 0 Å². The van der Waals surface area contributed by atoms with E-state index in [0.717, 1.165) is 0 Å². The van der Waals surface area contributed by atoms with Gasteiger partial charge in [-0.1, -0.05) is 0 Å². The molecule has 0 bridgehead atoms. The van der Waals surface area contributed by atoms with Crippen LogP contribution >= 0.6 is 0 Å². The van der Waals surface area contributed by atoms with Crippen LogP contribution in [0.3, 0.4) is 0 Å². The first kappa shape index (κ1) is 11.1. The second-order valence-corrected chi connectivity index (χ2v) is 3.70. The first-order valence-electron chi connectivity index (χ1n) is 4.91. The minimum absolute atomic E-state index is 0.0470. The Hall–Kier alpha value is -2.37. The van der Waals surface area contributed by atoms with E-state index in [-0.39, 0.29) is 29.2 Å². The number of imidazole rings is 1. The van der Waals surface area contributed by atoms with E-state index in [9.17, 15) is 14.7 Å². The van der Waals surface area contributed by atoms with Crippen molar-refractivity contribution < 1.29 is 19.8 Å². The minimum Gasteiger partial charge on any atom is -0.508 e. The predicted molar refractivity (Wildman–Crippen MR) is 58.2 cm³/mol. The predicted octanol–water partition coefficient (Wildman–Crippen LogP) is 0.870. The lowest BCUT2D eigenvalue weighted by molar-refractivity contribution is -0.116. The summed E-state index contributed by atoms with van der Waals surface area (Å²) >= 11 is 0. The van der Waals surface area contributed by atoms with Crippen LogP contribution in [0.15, 0.2) is 18.3 Å². The molecule has 0 aromatic carbocycles. The zero-order chi connectivity index (χ0) is 12.6. The highest BCUT2D eigenvalue weighted by molar-refractivity contribution is 5.94. The van der Waals surface area contributed by atoms with Gasteiger partial charge in [0.05, 0.1) is 11.9 Å². The summed E-state index contributed by atoms with van der Waals surface area (Å²) in [5.74, 6) is -0.996. The standard InChI is InChI=1S/C11H10N2O4/c1-6(14)4-9-12-10(11(16)17)8-5-7(15)2-3-13(8)9/h2-3,5,15H,4H2,1H3,(H,16,17). The third-order valence-corrected chi connectivity index (χ3v) is 2.31. The van der Waals surface area contributed by atoms with Gasteiger partial charge in [0.1, 0.15) is 17.4 Å². The van der Waals surface area contributed by atoms with E-state index in [4.69, 9.17) is 5.11 Å². The molecule has 0 amide bonds. The lowest BCUT2D eigenvalue weighted by atomic mass is 10.3. The molecular formula is C11H10N2O4. The molecule has 2 N–H and O–H groups in total. The Morgan fingerprint density at radius 3 is 2.76 bits per heavy atom. The van der Waals surface area contributed by atoms with E-state index in [1.165, 1.54) is 29.7 Å². The number of nitrogens with zero attached hydrogens (tertiary/aromatic N) is 2. The Kier molecular flexibility index (Phi) is 2.55. The molecule has 0 radical (unpaired) electrons. The lowest BCUT2D eigenvalue weighted by Gasteiger charge is -1.99. The average molecular weight is 234 g/mol. The number of carboxylic acid groups (broad SMARTS) is 1. The number of aromatic carboxylic acids is 1. The summed E-state index contributed by atoms with van der Waals surface area (Å²) in [5, 5.41) is 18.3. The number of carbonyl (C=O) groups is 2. The number of rotatable bonds is 3. The average Bonchev–Trinajstić information content (AvgIpc) is 2.55. The van der Waals surface area contributed by atoms with E-state index in [0.29, 0.717) is 5.82 Å². The van der Waals surface area contributed by atoms with Crippen molar-refractivity contribution in [3.05, 3.63) is 29.8 Å². The van der Waals surface area contributed by atoms with E-state index in [2.05, 4.69) is 4.98 Å². The van der Waals surface area contributed by atoms with Crippen LogP contribution in [0.25, 0.3) is 5.52 Å². The summed E-state index contributed by atoms with van der Waals surface area (Å²) in [5.41, 5.74) is 0.103. The van der Waals surface area contributed by atoms with Crippen molar-refractivity contribution in [2.24, 2.45) is 0 Å². The topological polar surface area (TPSA) is 91.9 Å². The van der Waals surface area contributed by atoms with Gasteiger partial charge < -0.3 is 14.6 Å². The molecule has 88 valence electrons. The molecule has 2 aromatic heterocycles. The van der Waals surface area contributed by atoms with Crippen LogP contribution in [0.5, 0.6) is 5.75 Å². The van der Waals surface area contributed by atoms with Crippen molar-refractivity contribution in [1.29, 1.82) is 0 Å². The number of aromatic hydroxyl groups is 1. The third kappa shape index (κ3) is 1.96. The zero-order valence-corrected chi connectivity index (χ0v) is 9.04. The SMILES string of the molecule is CC(=O)Cc1nc(C(=O)O)c2cc(O)ccn12. The van der Waals surface area contributed by atoms with E-state index >= 15 is 0 Å². The van der Waals surface area contributed by atoms with Crippen LogP contribution in [-0.4, -0.2) is 31.4 Å². The molecule has 0 aliphatic carbocycles. The summed E-state index contributed by atoms with van der Waals surface area (Å²) in [7, 11) is 0. The van der Waals surface area contributed by atoms with Crippen molar-refractivity contribution >= 4 is 17.3 Å². The Labute approximate surface area is 96.1 Å². The fourth-order valence-corrected chi connectivity index (χ4v) is 1.64. The number of ketones is 1. The molecule has 2 heterocycles. The highest BCUT2D eigenvalue weighted by Crippen LogP contribution is 2.19.